The lowest BCUT2D eigenvalue weighted by molar-refractivity contribution is 0.177. The van der Waals surface area contributed by atoms with Crippen LogP contribution in [-0.2, 0) is 21.3 Å². The van der Waals surface area contributed by atoms with E-state index >= 15 is 0 Å². The van der Waals surface area contributed by atoms with E-state index in [0.717, 1.165) is 12.8 Å². The predicted octanol–water partition coefficient (Wildman–Crippen LogP) is 1.15. The van der Waals surface area contributed by atoms with Crippen LogP contribution in [0.1, 0.15) is 29.9 Å². The largest absolute Gasteiger partial charge is 0.465 e. The molecule has 1 aliphatic carbocycles. The first-order chi connectivity index (χ1) is 9.43. The summed E-state index contributed by atoms with van der Waals surface area (Å²) >= 11 is 0. The van der Waals surface area contributed by atoms with Gasteiger partial charge < -0.3 is 14.9 Å². The Labute approximate surface area is 119 Å². The average Bonchev–Trinajstić information content (AvgIpc) is 3.14. The Morgan fingerprint density at radius 3 is 2.50 bits per heavy atom. The van der Waals surface area contributed by atoms with E-state index < -0.39 is 10.0 Å². The average molecular weight is 302 g/mol. The normalized spacial score (nSPS) is 16.1. The van der Waals surface area contributed by atoms with Crippen molar-refractivity contribution in [2.45, 2.75) is 44.2 Å². The van der Waals surface area contributed by atoms with Gasteiger partial charge in [0, 0.05) is 31.8 Å². The SMILES string of the molecule is COCCN(C1CC1)S(=O)(=O)c1c(C)oc(C)c1CN. The lowest BCUT2D eigenvalue weighted by atomic mass is 10.2. The van der Waals surface area contributed by atoms with Gasteiger partial charge in [-0.3, -0.25) is 0 Å². The number of furan rings is 1. The molecule has 2 N–H and O–H groups in total. The molecule has 1 heterocycles. The molecule has 1 aromatic rings. The Balaban J connectivity index is 2.42. The highest BCUT2D eigenvalue weighted by atomic mass is 32.2. The molecule has 0 atom stereocenters. The zero-order valence-electron chi connectivity index (χ0n) is 12.2. The third kappa shape index (κ3) is 2.76. The second-order valence-electron chi connectivity index (χ2n) is 5.07. The molecule has 114 valence electrons. The van der Waals surface area contributed by atoms with Crippen LogP contribution in [0.15, 0.2) is 9.31 Å². The van der Waals surface area contributed by atoms with Crippen LogP contribution in [-0.4, -0.2) is 39.0 Å². The molecule has 1 aliphatic rings. The summed E-state index contributed by atoms with van der Waals surface area (Å²) < 4.78 is 37.8. The highest BCUT2D eigenvalue weighted by molar-refractivity contribution is 7.89. The number of nitrogens with zero attached hydrogens (tertiary/aromatic N) is 1. The maximum Gasteiger partial charge on any atom is 0.247 e. The summed E-state index contributed by atoms with van der Waals surface area (Å²) in [6, 6.07) is 0.0791. The zero-order chi connectivity index (χ0) is 14.9. The van der Waals surface area contributed by atoms with E-state index in [9.17, 15) is 8.42 Å². The summed E-state index contributed by atoms with van der Waals surface area (Å²) in [5.41, 5.74) is 6.26. The first-order valence-electron chi connectivity index (χ1n) is 6.73. The molecule has 0 aromatic carbocycles. The third-order valence-corrected chi connectivity index (χ3v) is 5.71. The molecule has 1 aromatic heterocycles. The Morgan fingerprint density at radius 1 is 1.35 bits per heavy atom. The molecule has 20 heavy (non-hydrogen) atoms. The quantitative estimate of drug-likeness (QED) is 0.816. The molecule has 0 aliphatic heterocycles. The van der Waals surface area contributed by atoms with E-state index in [4.69, 9.17) is 14.9 Å². The summed E-state index contributed by atoms with van der Waals surface area (Å²) in [5.74, 6) is 0.983. The van der Waals surface area contributed by atoms with Crippen molar-refractivity contribution in [2.75, 3.05) is 20.3 Å². The minimum absolute atomic E-state index is 0.0791. The van der Waals surface area contributed by atoms with Crippen LogP contribution in [0.2, 0.25) is 0 Å². The summed E-state index contributed by atoms with van der Waals surface area (Å²) in [7, 11) is -2.02. The van der Waals surface area contributed by atoms with Gasteiger partial charge in [-0.05, 0) is 26.7 Å². The van der Waals surface area contributed by atoms with Crippen LogP contribution in [0.3, 0.4) is 0 Å². The maximum absolute atomic E-state index is 12.9. The molecule has 0 radical (unpaired) electrons. The Bertz CT molecular complexity index is 575. The van der Waals surface area contributed by atoms with Gasteiger partial charge in [-0.25, -0.2) is 8.42 Å². The predicted molar refractivity (Wildman–Crippen MR) is 74.9 cm³/mol. The minimum atomic E-state index is -3.58. The first-order valence-corrected chi connectivity index (χ1v) is 8.17. The molecule has 1 saturated carbocycles. The van der Waals surface area contributed by atoms with Crippen molar-refractivity contribution in [3.8, 4) is 0 Å². The Kier molecular flexibility index (Phi) is 4.53. The van der Waals surface area contributed by atoms with Gasteiger partial charge in [0.05, 0.1) is 6.61 Å². The molecule has 0 unspecified atom stereocenters. The van der Waals surface area contributed by atoms with Crippen LogP contribution < -0.4 is 5.73 Å². The standard InChI is InChI=1S/C13H22N2O4S/c1-9-12(8-14)13(10(2)19-9)20(16,17)15(6-7-18-3)11-4-5-11/h11H,4-8,14H2,1-3H3. The molecule has 0 amide bonds. The van der Waals surface area contributed by atoms with E-state index in [2.05, 4.69) is 0 Å². The third-order valence-electron chi connectivity index (χ3n) is 3.57. The van der Waals surface area contributed by atoms with Crippen molar-refractivity contribution in [2.24, 2.45) is 5.73 Å². The van der Waals surface area contributed by atoms with Crippen LogP contribution in [0.25, 0.3) is 0 Å². The lowest BCUT2D eigenvalue weighted by Gasteiger charge is -2.21. The van der Waals surface area contributed by atoms with E-state index in [0.29, 0.717) is 30.2 Å². The molecular formula is C13H22N2O4S. The molecular weight excluding hydrogens is 280 g/mol. The van der Waals surface area contributed by atoms with Crippen molar-refractivity contribution in [3.05, 3.63) is 17.1 Å². The molecule has 0 bridgehead atoms. The summed E-state index contributed by atoms with van der Waals surface area (Å²) in [4.78, 5) is 0.237. The van der Waals surface area contributed by atoms with Gasteiger partial charge in [0.2, 0.25) is 10.0 Å². The van der Waals surface area contributed by atoms with Gasteiger partial charge in [-0.2, -0.15) is 4.31 Å². The van der Waals surface area contributed by atoms with E-state index in [1.165, 1.54) is 4.31 Å². The lowest BCUT2D eigenvalue weighted by Crippen LogP contribution is -2.36. The van der Waals surface area contributed by atoms with Crippen molar-refractivity contribution in [3.63, 3.8) is 0 Å². The van der Waals surface area contributed by atoms with Crippen molar-refractivity contribution >= 4 is 10.0 Å². The molecule has 0 spiro atoms. The van der Waals surface area contributed by atoms with Crippen LogP contribution in [0, 0.1) is 13.8 Å². The summed E-state index contributed by atoms with van der Waals surface area (Å²) in [6.45, 7) is 4.30. The molecule has 6 nitrogen and oxygen atoms in total. The fourth-order valence-electron chi connectivity index (χ4n) is 2.44. The van der Waals surface area contributed by atoms with Gasteiger partial charge in [0.25, 0.3) is 0 Å². The number of sulfonamides is 1. The highest BCUT2D eigenvalue weighted by Crippen LogP contribution is 2.35. The van der Waals surface area contributed by atoms with Crippen molar-refractivity contribution in [1.82, 2.24) is 4.31 Å². The van der Waals surface area contributed by atoms with Gasteiger partial charge in [0.15, 0.2) is 0 Å². The number of aryl methyl sites for hydroxylation is 2. The fourth-order valence-corrected chi connectivity index (χ4v) is 4.54. The highest BCUT2D eigenvalue weighted by Gasteiger charge is 2.40. The van der Waals surface area contributed by atoms with Gasteiger partial charge >= 0.3 is 0 Å². The second-order valence-corrected chi connectivity index (χ2v) is 6.89. The molecule has 1 fully saturated rings. The maximum atomic E-state index is 12.9. The van der Waals surface area contributed by atoms with Crippen LogP contribution in [0.5, 0.6) is 0 Å². The number of rotatable bonds is 7. The van der Waals surface area contributed by atoms with E-state index in [1.54, 1.807) is 21.0 Å². The molecule has 2 rings (SSSR count). The van der Waals surface area contributed by atoms with Crippen LogP contribution in [0.4, 0.5) is 0 Å². The minimum Gasteiger partial charge on any atom is -0.465 e. The van der Waals surface area contributed by atoms with E-state index in [-0.39, 0.29) is 17.5 Å². The Morgan fingerprint density at radius 2 is 2.00 bits per heavy atom. The molecule has 7 heteroatoms. The summed E-state index contributed by atoms with van der Waals surface area (Å²) in [5, 5.41) is 0. The monoisotopic (exact) mass is 302 g/mol. The van der Waals surface area contributed by atoms with Gasteiger partial charge in [-0.1, -0.05) is 0 Å². The number of hydrogen-bond donors (Lipinski definition) is 1. The molecule has 0 saturated heterocycles. The smallest absolute Gasteiger partial charge is 0.247 e. The fraction of sp³-hybridized carbons (Fsp3) is 0.692. The second kappa shape index (κ2) is 5.85. The Hall–Kier alpha value is -0.890. The zero-order valence-corrected chi connectivity index (χ0v) is 13.0. The number of methoxy groups -OCH3 is 1. The number of ether oxygens (including phenoxy) is 1. The first kappa shape index (κ1) is 15.5. The van der Waals surface area contributed by atoms with Gasteiger partial charge in [0.1, 0.15) is 16.4 Å². The summed E-state index contributed by atoms with van der Waals surface area (Å²) in [6.07, 6.45) is 1.80. The van der Waals surface area contributed by atoms with Gasteiger partial charge in [-0.15, -0.1) is 0 Å². The van der Waals surface area contributed by atoms with Crippen LogP contribution >= 0.6 is 0 Å². The number of nitrogens with two attached hydrogens (primary N) is 1. The van der Waals surface area contributed by atoms with E-state index in [1.807, 2.05) is 0 Å². The van der Waals surface area contributed by atoms with Crippen molar-refractivity contribution in [1.29, 1.82) is 0 Å². The topological polar surface area (TPSA) is 85.8 Å². The van der Waals surface area contributed by atoms with Crippen molar-refractivity contribution < 1.29 is 17.6 Å². The number of hydrogen-bond acceptors (Lipinski definition) is 5.